The predicted molar refractivity (Wildman–Crippen MR) is 107 cm³/mol. The number of carboxylic acids is 1. The highest BCUT2D eigenvalue weighted by Gasteiger charge is 2.15. The van der Waals surface area contributed by atoms with E-state index < -0.39 is 18.5 Å². The molecule has 8 heteroatoms. The van der Waals surface area contributed by atoms with Crippen LogP contribution in [0.15, 0.2) is 46.4 Å². The molecule has 0 unspecified atom stereocenters. The quantitative estimate of drug-likeness (QED) is 0.496. The number of halogens is 1. The second kappa shape index (κ2) is 9.58. The Morgan fingerprint density at radius 1 is 1.29 bits per heavy atom. The van der Waals surface area contributed by atoms with Gasteiger partial charge < -0.3 is 19.9 Å². The maximum Gasteiger partial charge on any atom is 0.341 e. The van der Waals surface area contributed by atoms with Crippen molar-refractivity contribution < 1.29 is 24.2 Å². The van der Waals surface area contributed by atoms with E-state index >= 15 is 0 Å². The lowest BCUT2D eigenvalue weighted by Crippen LogP contribution is -2.13. The van der Waals surface area contributed by atoms with Crippen molar-refractivity contribution in [1.82, 2.24) is 0 Å². The van der Waals surface area contributed by atoms with E-state index in [1.807, 2.05) is 25.1 Å². The second-order valence-electron chi connectivity index (χ2n) is 5.71. The van der Waals surface area contributed by atoms with E-state index in [4.69, 9.17) is 14.6 Å². The minimum absolute atomic E-state index is 0.103. The topological polar surface area (TPSA) is 109 Å². The van der Waals surface area contributed by atoms with Crippen LogP contribution in [0.3, 0.4) is 0 Å². The fraction of sp³-hybridized carbons (Fsp3) is 0.150. The van der Waals surface area contributed by atoms with Crippen LogP contribution < -0.4 is 14.8 Å². The molecule has 1 amide bonds. The molecule has 28 heavy (non-hydrogen) atoms. The lowest BCUT2D eigenvalue weighted by molar-refractivity contribution is -0.139. The van der Waals surface area contributed by atoms with Crippen LogP contribution in [-0.4, -0.2) is 30.7 Å². The van der Waals surface area contributed by atoms with Gasteiger partial charge in [0.25, 0.3) is 5.91 Å². The number of anilines is 1. The highest BCUT2D eigenvalue weighted by atomic mass is 79.9. The number of hydrogen-bond donors (Lipinski definition) is 2. The van der Waals surface area contributed by atoms with Crippen LogP contribution in [0.2, 0.25) is 0 Å². The fourth-order valence-electron chi connectivity index (χ4n) is 2.25. The molecular weight excluding hydrogens is 428 g/mol. The van der Waals surface area contributed by atoms with Gasteiger partial charge in [0.2, 0.25) is 0 Å². The third-order valence-electron chi connectivity index (χ3n) is 3.58. The molecule has 0 bridgehead atoms. The average Bonchev–Trinajstić information content (AvgIpc) is 2.66. The van der Waals surface area contributed by atoms with Crippen LogP contribution in [0.1, 0.15) is 11.1 Å². The van der Waals surface area contributed by atoms with E-state index in [1.165, 1.54) is 13.2 Å². The number of rotatable bonds is 7. The summed E-state index contributed by atoms with van der Waals surface area (Å²) in [6.45, 7) is 1.40. The number of hydrogen-bond acceptors (Lipinski definition) is 5. The van der Waals surface area contributed by atoms with Gasteiger partial charge in [0.05, 0.1) is 11.6 Å². The minimum Gasteiger partial charge on any atom is -0.493 e. The highest BCUT2D eigenvalue weighted by Crippen LogP contribution is 2.37. The van der Waals surface area contributed by atoms with Crippen LogP contribution in [0.25, 0.3) is 6.08 Å². The van der Waals surface area contributed by atoms with Gasteiger partial charge in [0.15, 0.2) is 18.1 Å². The number of aliphatic carboxylic acids is 1. The summed E-state index contributed by atoms with van der Waals surface area (Å²) in [5.41, 5.74) is 2.03. The molecule has 2 aromatic carbocycles. The molecule has 2 N–H and O–H groups in total. The Hall–Kier alpha value is -3.31. The lowest BCUT2D eigenvalue weighted by Gasteiger charge is -2.12. The van der Waals surface area contributed by atoms with E-state index in [-0.39, 0.29) is 17.1 Å². The summed E-state index contributed by atoms with van der Waals surface area (Å²) < 4.78 is 10.9. The fourth-order valence-corrected chi connectivity index (χ4v) is 2.82. The summed E-state index contributed by atoms with van der Waals surface area (Å²) in [6.07, 6.45) is 1.40. The number of carboxylic acid groups (broad SMARTS) is 1. The normalized spacial score (nSPS) is 10.7. The first-order chi connectivity index (χ1) is 13.3. The van der Waals surface area contributed by atoms with Gasteiger partial charge in [-0.15, -0.1) is 0 Å². The Bertz CT molecular complexity index is 962. The van der Waals surface area contributed by atoms with E-state index in [0.717, 1.165) is 5.56 Å². The maximum atomic E-state index is 12.4. The molecule has 2 aromatic rings. The summed E-state index contributed by atoms with van der Waals surface area (Å²) >= 11 is 3.29. The average molecular weight is 445 g/mol. The number of carbonyl (C=O) groups is 2. The first-order valence-electron chi connectivity index (χ1n) is 8.06. The first-order valence-corrected chi connectivity index (χ1v) is 8.85. The van der Waals surface area contributed by atoms with E-state index in [0.29, 0.717) is 15.7 Å². The molecule has 2 rings (SSSR count). The predicted octanol–water partition coefficient (Wildman–Crippen LogP) is 3.78. The van der Waals surface area contributed by atoms with Crippen LogP contribution in [0.4, 0.5) is 5.69 Å². The van der Waals surface area contributed by atoms with Gasteiger partial charge in [-0.2, -0.15) is 5.26 Å². The van der Waals surface area contributed by atoms with Crippen LogP contribution >= 0.6 is 15.9 Å². The number of benzene rings is 2. The number of nitriles is 1. The van der Waals surface area contributed by atoms with Crippen molar-refractivity contribution >= 4 is 39.6 Å². The van der Waals surface area contributed by atoms with E-state index in [9.17, 15) is 14.9 Å². The zero-order valence-electron chi connectivity index (χ0n) is 15.2. The zero-order valence-corrected chi connectivity index (χ0v) is 16.7. The summed E-state index contributed by atoms with van der Waals surface area (Å²) in [5.74, 6) is -1.20. The van der Waals surface area contributed by atoms with Gasteiger partial charge >= 0.3 is 5.97 Å². The molecular formula is C20H17BrN2O5. The number of aryl methyl sites for hydroxylation is 1. The van der Waals surface area contributed by atoms with Crippen LogP contribution in [-0.2, 0) is 9.59 Å². The summed E-state index contributed by atoms with van der Waals surface area (Å²) in [4.78, 5) is 23.1. The maximum absolute atomic E-state index is 12.4. The first kappa shape index (κ1) is 21.0. The van der Waals surface area contributed by atoms with Crippen LogP contribution in [0, 0.1) is 18.3 Å². The Balaban J connectivity index is 2.28. The molecule has 0 atom stereocenters. The Kier molecular flexibility index (Phi) is 7.18. The van der Waals surface area contributed by atoms with E-state index in [2.05, 4.69) is 21.2 Å². The van der Waals surface area contributed by atoms with Gasteiger partial charge in [0, 0.05) is 5.69 Å². The van der Waals surface area contributed by atoms with Crippen molar-refractivity contribution in [3.05, 3.63) is 57.6 Å². The Morgan fingerprint density at radius 2 is 1.96 bits per heavy atom. The molecule has 0 aromatic heterocycles. The number of carbonyl (C=O) groups excluding carboxylic acids is 1. The summed E-state index contributed by atoms with van der Waals surface area (Å²) in [5, 5.41) is 20.8. The van der Waals surface area contributed by atoms with E-state index in [1.54, 1.807) is 24.3 Å². The Morgan fingerprint density at radius 3 is 2.54 bits per heavy atom. The summed E-state index contributed by atoms with van der Waals surface area (Å²) in [6, 6.07) is 12.2. The molecule has 7 nitrogen and oxygen atoms in total. The SMILES string of the molecule is COc1cc(/C=C(\C#N)C(=O)Nc2ccc(C)cc2)cc(Br)c1OCC(=O)O. The molecule has 0 heterocycles. The van der Waals surface area contributed by atoms with Crippen molar-refractivity contribution in [2.24, 2.45) is 0 Å². The number of methoxy groups -OCH3 is 1. The van der Waals surface area contributed by atoms with Gasteiger partial charge in [-0.05, 0) is 58.8 Å². The zero-order chi connectivity index (χ0) is 20.7. The molecule has 0 spiro atoms. The highest BCUT2D eigenvalue weighted by molar-refractivity contribution is 9.10. The molecule has 0 fully saturated rings. The second-order valence-corrected chi connectivity index (χ2v) is 6.56. The largest absolute Gasteiger partial charge is 0.493 e. The number of amides is 1. The number of nitrogens with zero attached hydrogens (tertiary/aromatic N) is 1. The smallest absolute Gasteiger partial charge is 0.341 e. The van der Waals surface area contributed by atoms with Crippen molar-refractivity contribution in [3.63, 3.8) is 0 Å². The van der Waals surface area contributed by atoms with Crippen molar-refractivity contribution in [1.29, 1.82) is 5.26 Å². The van der Waals surface area contributed by atoms with Gasteiger partial charge in [0.1, 0.15) is 11.6 Å². The molecule has 0 aliphatic rings. The molecule has 0 aliphatic heterocycles. The third-order valence-corrected chi connectivity index (χ3v) is 4.17. The van der Waals surface area contributed by atoms with Crippen LogP contribution in [0.5, 0.6) is 11.5 Å². The van der Waals surface area contributed by atoms with Gasteiger partial charge in [-0.25, -0.2) is 4.79 Å². The molecule has 0 radical (unpaired) electrons. The van der Waals surface area contributed by atoms with Crippen molar-refractivity contribution in [3.8, 4) is 17.6 Å². The molecule has 144 valence electrons. The molecule has 0 saturated heterocycles. The van der Waals surface area contributed by atoms with Gasteiger partial charge in [-0.1, -0.05) is 17.7 Å². The molecule has 0 aliphatic carbocycles. The van der Waals surface area contributed by atoms with Crippen molar-refractivity contribution in [2.75, 3.05) is 19.0 Å². The van der Waals surface area contributed by atoms with Gasteiger partial charge in [-0.3, -0.25) is 4.79 Å². The lowest BCUT2D eigenvalue weighted by atomic mass is 10.1. The molecule has 0 saturated carbocycles. The third kappa shape index (κ3) is 5.59. The van der Waals surface area contributed by atoms with Crippen molar-refractivity contribution in [2.45, 2.75) is 6.92 Å². The minimum atomic E-state index is -1.13. The standard InChI is InChI=1S/C20H17BrN2O5/c1-12-3-5-15(6-4-12)23-20(26)14(10-22)7-13-8-16(21)19(17(9-13)27-2)28-11-18(24)25/h3-9H,11H2,1-2H3,(H,23,26)(H,24,25)/b14-7+. The monoisotopic (exact) mass is 444 g/mol. The number of nitrogens with one attached hydrogen (secondary N) is 1. The number of ether oxygens (including phenoxy) is 2. The Labute approximate surface area is 170 Å². The summed E-state index contributed by atoms with van der Waals surface area (Å²) in [7, 11) is 1.40.